The van der Waals surface area contributed by atoms with Crippen LogP contribution in [0.3, 0.4) is 0 Å². The first-order chi connectivity index (χ1) is 10.4. The summed E-state index contributed by atoms with van der Waals surface area (Å²) in [5.74, 6) is 1.19. The van der Waals surface area contributed by atoms with Crippen LogP contribution < -0.4 is 4.74 Å². The molecule has 1 aromatic heterocycles. The first-order valence-corrected chi connectivity index (χ1v) is 8.52. The van der Waals surface area contributed by atoms with E-state index in [0.29, 0.717) is 10.8 Å². The lowest BCUT2D eigenvalue weighted by Gasteiger charge is -2.08. The van der Waals surface area contributed by atoms with E-state index in [-0.39, 0.29) is 21.5 Å². The van der Waals surface area contributed by atoms with Crippen molar-refractivity contribution in [2.24, 2.45) is 0 Å². The number of halogens is 3. The van der Waals surface area contributed by atoms with Crippen molar-refractivity contribution in [2.45, 2.75) is 19.6 Å². The molecule has 2 rings (SSSR count). The molecular weight excluding hydrogens is 369 g/mol. The average molecular weight is 381 g/mol. The fourth-order valence-electron chi connectivity index (χ4n) is 1.71. The van der Waals surface area contributed by atoms with Crippen molar-refractivity contribution in [2.75, 3.05) is 5.75 Å². The lowest BCUT2D eigenvalue weighted by atomic mass is 10.2. The molecule has 0 fully saturated rings. The van der Waals surface area contributed by atoms with Crippen molar-refractivity contribution in [1.82, 2.24) is 5.16 Å². The van der Waals surface area contributed by atoms with E-state index in [4.69, 9.17) is 44.1 Å². The lowest BCUT2D eigenvalue weighted by Crippen LogP contribution is -2.11. The average Bonchev–Trinajstić information content (AvgIpc) is 2.74. The molecule has 0 atom stereocenters. The monoisotopic (exact) mass is 379 g/mol. The molecule has 22 heavy (non-hydrogen) atoms. The third-order valence-electron chi connectivity index (χ3n) is 2.83. The highest BCUT2D eigenvalue weighted by Crippen LogP contribution is 2.36. The molecule has 0 saturated heterocycles. The van der Waals surface area contributed by atoms with Crippen molar-refractivity contribution < 1.29 is 14.1 Å². The topological polar surface area (TPSA) is 52.3 Å². The highest BCUT2D eigenvalue weighted by molar-refractivity contribution is 7.99. The molecule has 0 saturated carbocycles. The molecule has 0 aliphatic rings. The number of carbonyl (C=O) groups excluding carboxylic acids is 1. The molecule has 0 radical (unpaired) electrons. The van der Waals surface area contributed by atoms with Crippen LogP contribution >= 0.6 is 46.6 Å². The predicted molar refractivity (Wildman–Crippen MR) is 89.2 cm³/mol. The zero-order chi connectivity index (χ0) is 16.3. The Labute approximate surface area is 147 Å². The molecule has 0 aliphatic heterocycles. The number of thioether (sulfide) groups is 1. The van der Waals surface area contributed by atoms with Crippen LogP contribution in [0, 0.1) is 13.8 Å². The second-order valence-corrected chi connectivity index (χ2v) is 6.70. The largest absolute Gasteiger partial charge is 0.423 e. The second kappa shape index (κ2) is 7.59. The molecule has 2 aromatic rings. The Bertz CT molecular complexity index is 660. The van der Waals surface area contributed by atoms with Gasteiger partial charge in [-0.15, -0.1) is 11.8 Å². The fraction of sp³-hybridized carbons (Fsp3) is 0.286. The van der Waals surface area contributed by atoms with E-state index < -0.39 is 5.97 Å². The summed E-state index contributed by atoms with van der Waals surface area (Å²) in [6.07, 6.45) is 0. The van der Waals surface area contributed by atoms with Crippen molar-refractivity contribution in [3.8, 4) is 5.75 Å². The Hall–Kier alpha value is -0.880. The first-order valence-electron chi connectivity index (χ1n) is 6.23. The van der Waals surface area contributed by atoms with Gasteiger partial charge in [0.2, 0.25) is 0 Å². The number of ether oxygens (including phenoxy) is 1. The van der Waals surface area contributed by atoms with E-state index in [0.717, 1.165) is 17.0 Å². The van der Waals surface area contributed by atoms with Crippen molar-refractivity contribution >= 4 is 52.5 Å². The number of rotatable bonds is 5. The number of carbonyl (C=O) groups is 1. The Balaban J connectivity index is 1.91. The molecule has 4 nitrogen and oxygen atoms in total. The molecular formula is C14H12Cl3NO3S. The molecule has 8 heteroatoms. The molecule has 1 aromatic carbocycles. The summed E-state index contributed by atoms with van der Waals surface area (Å²) in [6.45, 7) is 3.69. The third kappa shape index (κ3) is 4.32. The van der Waals surface area contributed by atoms with E-state index in [1.54, 1.807) is 0 Å². The maximum absolute atomic E-state index is 11.9. The Morgan fingerprint density at radius 1 is 1.27 bits per heavy atom. The molecule has 0 aliphatic carbocycles. The maximum Gasteiger partial charge on any atom is 0.321 e. The van der Waals surface area contributed by atoms with Crippen LogP contribution in [0.2, 0.25) is 15.1 Å². The molecule has 0 amide bonds. The van der Waals surface area contributed by atoms with Gasteiger partial charge in [0, 0.05) is 16.3 Å². The van der Waals surface area contributed by atoms with Gasteiger partial charge in [-0.3, -0.25) is 4.79 Å². The van der Waals surface area contributed by atoms with Crippen molar-refractivity contribution in [3.05, 3.63) is 44.2 Å². The number of aryl methyl sites for hydroxylation is 2. The molecule has 1 heterocycles. The van der Waals surface area contributed by atoms with Crippen molar-refractivity contribution in [1.29, 1.82) is 0 Å². The van der Waals surface area contributed by atoms with Gasteiger partial charge in [-0.2, -0.15) is 0 Å². The van der Waals surface area contributed by atoms with Gasteiger partial charge in [-0.1, -0.05) is 40.0 Å². The first kappa shape index (κ1) is 17.5. The van der Waals surface area contributed by atoms with E-state index in [2.05, 4.69) is 5.16 Å². The van der Waals surface area contributed by atoms with Gasteiger partial charge < -0.3 is 9.26 Å². The smallest absolute Gasteiger partial charge is 0.321 e. The minimum absolute atomic E-state index is 0.121. The summed E-state index contributed by atoms with van der Waals surface area (Å²) in [7, 11) is 0. The second-order valence-electron chi connectivity index (χ2n) is 4.47. The molecule has 0 N–H and O–H groups in total. The predicted octanol–water partition coefficient (Wildman–Crippen LogP) is 5.09. The minimum Gasteiger partial charge on any atom is -0.423 e. The zero-order valence-electron chi connectivity index (χ0n) is 11.8. The van der Waals surface area contributed by atoms with Gasteiger partial charge in [-0.05, 0) is 26.0 Å². The van der Waals surface area contributed by atoms with Crippen LogP contribution in [0.15, 0.2) is 16.7 Å². The van der Waals surface area contributed by atoms with E-state index in [1.807, 2.05) is 13.8 Å². The van der Waals surface area contributed by atoms with Gasteiger partial charge in [0.1, 0.15) is 5.76 Å². The number of hydrogen-bond donors (Lipinski definition) is 0. The van der Waals surface area contributed by atoms with Crippen LogP contribution in [0.4, 0.5) is 0 Å². The number of nitrogens with zero attached hydrogens (tertiary/aromatic N) is 1. The number of benzene rings is 1. The Morgan fingerprint density at radius 2 is 1.91 bits per heavy atom. The Morgan fingerprint density at radius 3 is 2.45 bits per heavy atom. The highest BCUT2D eigenvalue weighted by Gasteiger charge is 2.15. The van der Waals surface area contributed by atoms with Gasteiger partial charge in [0.25, 0.3) is 0 Å². The summed E-state index contributed by atoms with van der Waals surface area (Å²) >= 11 is 19.1. The molecule has 0 unspecified atom stereocenters. The SMILES string of the molecule is Cc1noc(C)c1CSCC(=O)Oc1c(Cl)cc(Cl)cc1Cl. The van der Waals surface area contributed by atoms with Crippen molar-refractivity contribution in [3.63, 3.8) is 0 Å². The van der Waals surface area contributed by atoms with Crippen LogP contribution in [-0.2, 0) is 10.5 Å². The van der Waals surface area contributed by atoms with Crippen LogP contribution in [0.25, 0.3) is 0 Å². The summed E-state index contributed by atoms with van der Waals surface area (Å²) in [6, 6.07) is 2.93. The van der Waals surface area contributed by atoms with Crippen LogP contribution in [0.5, 0.6) is 5.75 Å². The molecule has 0 bridgehead atoms. The van der Waals surface area contributed by atoms with Gasteiger partial charge in [0.15, 0.2) is 5.75 Å². The molecule has 0 spiro atoms. The standard InChI is InChI=1S/C14H12Cl3NO3S/c1-7-10(8(2)21-18-7)5-22-6-13(19)20-14-11(16)3-9(15)4-12(14)17/h3-4H,5-6H2,1-2H3. The van der Waals surface area contributed by atoms with E-state index in [9.17, 15) is 4.79 Å². The Kier molecular flexibility index (Phi) is 6.03. The van der Waals surface area contributed by atoms with E-state index in [1.165, 1.54) is 23.9 Å². The molecule has 118 valence electrons. The van der Waals surface area contributed by atoms with Crippen LogP contribution in [-0.4, -0.2) is 16.9 Å². The zero-order valence-corrected chi connectivity index (χ0v) is 14.9. The van der Waals surface area contributed by atoms with Gasteiger partial charge in [-0.25, -0.2) is 0 Å². The number of aromatic nitrogens is 1. The summed E-state index contributed by atoms with van der Waals surface area (Å²) in [4.78, 5) is 11.9. The lowest BCUT2D eigenvalue weighted by molar-refractivity contribution is -0.131. The summed E-state index contributed by atoms with van der Waals surface area (Å²) < 4.78 is 10.3. The van der Waals surface area contributed by atoms with Gasteiger partial charge in [0.05, 0.1) is 21.5 Å². The highest BCUT2D eigenvalue weighted by atomic mass is 35.5. The third-order valence-corrected chi connectivity index (χ3v) is 4.54. The van der Waals surface area contributed by atoms with Crippen LogP contribution in [0.1, 0.15) is 17.0 Å². The normalized spacial score (nSPS) is 10.8. The quantitative estimate of drug-likeness (QED) is 0.534. The van der Waals surface area contributed by atoms with Gasteiger partial charge >= 0.3 is 5.97 Å². The number of hydrogen-bond acceptors (Lipinski definition) is 5. The fourth-order valence-corrected chi connectivity index (χ4v) is 3.55. The summed E-state index contributed by atoms with van der Waals surface area (Å²) in [5, 5.41) is 4.63. The minimum atomic E-state index is -0.442. The maximum atomic E-state index is 11.9. The summed E-state index contributed by atoms with van der Waals surface area (Å²) in [5.41, 5.74) is 1.81. The van der Waals surface area contributed by atoms with E-state index >= 15 is 0 Å². The number of esters is 1.